The van der Waals surface area contributed by atoms with Gasteiger partial charge in [-0.25, -0.2) is 18.6 Å². The maximum absolute atomic E-state index is 8.49. The van der Waals surface area contributed by atoms with E-state index < -0.39 is 10.2 Å². The van der Waals surface area contributed by atoms with Gasteiger partial charge in [-0.05, 0) is 6.07 Å². The van der Waals surface area contributed by atoms with Gasteiger partial charge in [-0.15, -0.1) is 10.2 Å². The van der Waals surface area contributed by atoms with Gasteiger partial charge in [0, 0.05) is 30.7 Å². The molecule has 0 aliphatic rings. The Balaban J connectivity index is 0.000000336. The van der Waals surface area contributed by atoms with Crippen molar-refractivity contribution < 1.29 is 38.4 Å². The van der Waals surface area contributed by atoms with Crippen molar-refractivity contribution in [1.82, 2.24) is 0 Å². The molecule has 0 aromatic carbocycles. The van der Waals surface area contributed by atoms with Crippen LogP contribution in [0.15, 0.2) is 18.2 Å². The molecule has 1 aromatic heterocycles. The van der Waals surface area contributed by atoms with Gasteiger partial charge in [-0.1, -0.05) is 0 Å². The predicted octanol–water partition coefficient (Wildman–Crippen LogP) is -4.11. The van der Waals surface area contributed by atoms with Crippen LogP contribution in [0.25, 0.3) is 0 Å². The SMILES string of the molecule is CO[n+]1c(C)cccc1C.[O-][Cl+3]([O-])([O-])[O-]. The van der Waals surface area contributed by atoms with E-state index in [4.69, 9.17) is 23.5 Å². The molecule has 1 rings (SSSR count). The minimum Gasteiger partial charge on any atom is -0.274 e. The van der Waals surface area contributed by atoms with Crippen molar-refractivity contribution in [2.75, 3.05) is 7.11 Å². The van der Waals surface area contributed by atoms with Crippen molar-refractivity contribution in [3.63, 3.8) is 0 Å². The van der Waals surface area contributed by atoms with E-state index in [0.717, 1.165) is 11.4 Å². The summed E-state index contributed by atoms with van der Waals surface area (Å²) in [4.78, 5) is 5.09. The summed E-state index contributed by atoms with van der Waals surface area (Å²) in [5.74, 6) is 0. The smallest absolute Gasteiger partial charge is 0.231 e. The van der Waals surface area contributed by atoms with Gasteiger partial charge in [0.15, 0.2) is 0 Å². The molecular weight excluding hydrogens is 226 g/mol. The third-order valence-corrected chi connectivity index (χ3v) is 1.50. The average Bonchev–Trinajstić information content (AvgIpc) is 2.01. The van der Waals surface area contributed by atoms with Crippen LogP contribution in [0.4, 0.5) is 0 Å². The van der Waals surface area contributed by atoms with E-state index in [2.05, 4.69) is 0 Å². The monoisotopic (exact) mass is 237 g/mol. The van der Waals surface area contributed by atoms with Crippen molar-refractivity contribution in [1.29, 1.82) is 0 Å². The van der Waals surface area contributed by atoms with E-state index in [9.17, 15) is 0 Å². The Morgan fingerprint density at radius 1 is 1.07 bits per heavy atom. The molecule has 0 aliphatic carbocycles. The van der Waals surface area contributed by atoms with Crippen molar-refractivity contribution in [2.24, 2.45) is 0 Å². The van der Waals surface area contributed by atoms with Crippen LogP contribution in [0.3, 0.4) is 0 Å². The lowest BCUT2D eigenvalue weighted by Gasteiger charge is -2.17. The number of aryl methyl sites for hydroxylation is 2. The van der Waals surface area contributed by atoms with Gasteiger partial charge in [0.05, 0.1) is 0 Å². The van der Waals surface area contributed by atoms with Crippen LogP contribution >= 0.6 is 0 Å². The standard InChI is InChI=1S/C8H12NO.ClHO4/c1-7-5-4-6-8(2)9(7)10-3;2-1(3,4)5/h4-6H,1-3H3;(H,2,3,4,5)/q+1;/p-1. The number of hydrogen-bond acceptors (Lipinski definition) is 5. The number of nitrogens with zero attached hydrogens (tertiary/aromatic N) is 1. The number of pyridine rings is 1. The van der Waals surface area contributed by atoms with Crippen LogP contribution in [-0.4, -0.2) is 7.11 Å². The molecule has 0 atom stereocenters. The average molecular weight is 238 g/mol. The summed E-state index contributed by atoms with van der Waals surface area (Å²) in [6.07, 6.45) is 0. The van der Waals surface area contributed by atoms with Crippen LogP contribution in [0.2, 0.25) is 0 Å². The maximum Gasteiger partial charge on any atom is 0.231 e. The lowest BCUT2D eigenvalue weighted by Crippen LogP contribution is -2.68. The van der Waals surface area contributed by atoms with Gasteiger partial charge in [-0.3, -0.25) is 4.84 Å². The normalized spacial score (nSPS) is 10.3. The number of aromatic nitrogens is 1. The minimum atomic E-state index is -4.94. The van der Waals surface area contributed by atoms with E-state index in [1.54, 1.807) is 11.8 Å². The zero-order valence-corrected chi connectivity index (χ0v) is 9.35. The van der Waals surface area contributed by atoms with Crippen molar-refractivity contribution in [2.45, 2.75) is 13.8 Å². The molecular formula is C8H12ClNO5. The summed E-state index contributed by atoms with van der Waals surface area (Å²) in [5.41, 5.74) is 2.23. The fraction of sp³-hybridized carbons (Fsp3) is 0.375. The van der Waals surface area contributed by atoms with Gasteiger partial charge in [-0.2, -0.15) is 0 Å². The first-order valence-corrected chi connectivity index (χ1v) is 5.13. The van der Waals surface area contributed by atoms with E-state index in [0.29, 0.717) is 0 Å². The first-order chi connectivity index (χ1) is 6.75. The molecule has 1 aromatic rings. The molecule has 1 heterocycles. The Bertz CT molecular complexity index is 286. The topological polar surface area (TPSA) is 105 Å². The van der Waals surface area contributed by atoms with Gasteiger partial charge in [0.2, 0.25) is 11.4 Å². The largest absolute Gasteiger partial charge is 0.274 e. The molecule has 0 amide bonds. The zero-order valence-electron chi connectivity index (χ0n) is 8.60. The molecule has 0 saturated heterocycles. The second-order valence-corrected chi connectivity index (χ2v) is 3.42. The molecule has 7 heteroatoms. The number of halogens is 1. The van der Waals surface area contributed by atoms with Gasteiger partial charge < -0.3 is 0 Å². The number of rotatable bonds is 1. The van der Waals surface area contributed by atoms with Crippen molar-refractivity contribution in [3.05, 3.63) is 29.6 Å². The second-order valence-electron chi connectivity index (χ2n) is 2.66. The minimum absolute atomic E-state index is 1.11. The van der Waals surface area contributed by atoms with Gasteiger partial charge in [0.1, 0.15) is 7.11 Å². The molecule has 6 nitrogen and oxygen atoms in total. The Kier molecular flexibility index (Phi) is 5.48. The number of hydrogen-bond donors (Lipinski definition) is 0. The predicted molar refractivity (Wildman–Crippen MR) is 38.6 cm³/mol. The van der Waals surface area contributed by atoms with Crippen LogP contribution in [0.1, 0.15) is 11.4 Å². The fourth-order valence-electron chi connectivity index (χ4n) is 1.03. The van der Waals surface area contributed by atoms with Crippen LogP contribution < -0.4 is 28.2 Å². The highest BCUT2D eigenvalue weighted by molar-refractivity contribution is 5.00. The molecule has 0 saturated carbocycles. The van der Waals surface area contributed by atoms with E-state index >= 15 is 0 Å². The van der Waals surface area contributed by atoms with E-state index in [1.165, 1.54) is 0 Å². The van der Waals surface area contributed by atoms with Crippen LogP contribution in [0, 0.1) is 24.1 Å². The molecule has 0 spiro atoms. The molecule has 0 N–H and O–H groups in total. The Morgan fingerprint density at radius 2 is 1.40 bits per heavy atom. The molecule has 0 fully saturated rings. The lowest BCUT2D eigenvalue weighted by atomic mass is 10.3. The van der Waals surface area contributed by atoms with E-state index in [1.807, 2.05) is 32.0 Å². The highest BCUT2D eigenvalue weighted by atomic mass is 35.7. The second kappa shape index (κ2) is 5.84. The molecule has 0 radical (unpaired) electrons. The summed E-state index contributed by atoms with van der Waals surface area (Å²) in [6.45, 7) is 4.02. The van der Waals surface area contributed by atoms with Crippen LogP contribution in [0.5, 0.6) is 0 Å². The molecule has 0 bridgehead atoms. The first kappa shape index (κ1) is 14.1. The molecule has 15 heavy (non-hydrogen) atoms. The summed E-state index contributed by atoms with van der Waals surface area (Å²) in [5, 5.41) is 0. The third-order valence-electron chi connectivity index (χ3n) is 1.50. The van der Waals surface area contributed by atoms with Gasteiger partial charge in [0.25, 0.3) is 0 Å². The molecule has 0 unspecified atom stereocenters. The Labute approximate surface area is 89.7 Å². The van der Waals surface area contributed by atoms with Gasteiger partial charge >= 0.3 is 0 Å². The fourth-order valence-corrected chi connectivity index (χ4v) is 1.03. The quantitative estimate of drug-likeness (QED) is 0.462. The first-order valence-electron chi connectivity index (χ1n) is 3.90. The summed E-state index contributed by atoms with van der Waals surface area (Å²) >= 11 is 0. The van der Waals surface area contributed by atoms with E-state index in [-0.39, 0.29) is 0 Å². The zero-order chi connectivity index (χ0) is 12.1. The highest BCUT2D eigenvalue weighted by Gasteiger charge is 2.07. The Hall–Kier alpha value is -0.920. The van der Waals surface area contributed by atoms with Crippen molar-refractivity contribution in [3.8, 4) is 0 Å². The molecule has 0 aliphatic heterocycles. The highest BCUT2D eigenvalue weighted by Crippen LogP contribution is 1.91. The van der Waals surface area contributed by atoms with Crippen molar-refractivity contribution >= 4 is 0 Å². The summed E-state index contributed by atoms with van der Waals surface area (Å²) in [7, 11) is -3.28. The van der Waals surface area contributed by atoms with Crippen LogP contribution in [-0.2, 0) is 0 Å². The third kappa shape index (κ3) is 7.06. The summed E-state index contributed by atoms with van der Waals surface area (Å²) < 4.78 is 35.8. The summed E-state index contributed by atoms with van der Waals surface area (Å²) in [6, 6.07) is 6.03. The maximum atomic E-state index is 8.49. The lowest BCUT2D eigenvalue weighted by molar-refractivity contribution is -2.00. The Morgan fingerprint density at radius 3 is 1.60 bits per heavy atom. The molecule has 86 valence electrons.